The molecule has 7 nitrogen and oxygen atoms in total. The summed E-state index contributed by atoms with van der Waals surface area (Å²) in [4.78, 5) is 38.2. The first-order valence-electron chi connectivity index (χ1n) is 10.2. The number of hydrogen-bond donors (Lipinski definition) is 1. The highest BCUT2D eigenvalue weighted by molar-refractivity contribution is 7.99. The summed E-state index contributed by atoms with van der Waals surface area (Å²) in [5, 5.41) is 8.86. The van der Waals surface area contributed by atoms with Crippen LogP contribution in [0.5, 0.6) is 0 Å². The van der Waals surface area contributed by atoms with Crippen molar-refractivity contribution in [1.82, 2.24) is 4.90 Å². The SMILES string of the molecule is CCOC(=O)C1CCCC(C(=O)OC)C1CN1C=CCC=C1C(C=CC(=O)O)SC. The van der Waals surface area contributed by atoms with E-state index in [1.54, 1.807) is 13.0 Å². The van der Waals surface area contributed by atoms with Crippen LogP contribution in [-0.4, -0.2) is 59.7 Å². The van der Waals surface area contributed by atoms with E-state index in [2.05, 4.69) is 6.08 Å². The van der Waals surface area contributed by atoms with Crippen molar-refractivity contribution in [3.8, 4) is 0 Å². The molecule has 2 rings (SSSR count). The number of carboxylic acid groups (broad SMARTS) is 1. The largest absolute Gasteiger partial charge is 0.478 e. The molecule has 0 aromatic heterocycles. The number of carbonyl (C=O) groups is 3. The Morgan fingerprint density at radius 1 is 1.30 bits per heavy atom. The third-order valence-corrected chi connectivity index (χ3v) is 6.51. The molecule has 1 N–H and O–H groups in total. The Hall–Kier alpha value is -2.22. The van der Waals surface area contributed by atoms with Gasteiger partial charge in [0.15, 0.2) is 0 Å². The van der Waals surface area contributed by atoms with E-state index in [0.717, 1.165) is 24.6 Å². The number of methoxy groups -OCH3 is 1. The van der Waals surface area contributed by atoms with Crippen LogP contribution in [0.3, 0.4) is 0 Å². The van der Waals surface area contributed by atoms with Gasteiger partial charge >= 0.3 is 17.9 Å². The van der Waals surface area contributed by atoms with Gasteiger partial charge < -0.3 is 19.5 Å². The normalized spacial score (nSPS) is 25.0. The average molecular weight is 438 g/mol. The van der Waals surface area contributed by atoms with E-state index in [9.17, 15) is 14.4 Å². The molecule has 0 aromatic carbocycles. The van der Waals surface area contributed by atoms with Crippen LogP contribution >= 0.6 is 11.8 Å². The predicted octanol–water partition coefficient (Wildman–Crippen LogP) is 3.23. The second-order valence-electron chi connectivity index (χ2n) is 7.34. The lowest BCUT2D eigenvalue weighted by molar-refractivity contribution is -0.158. The van der Waals surface area contributed by atoms with Crippen molar-refractivity contribution < 1.29 is 29.0 Å². The van der Waals surface area contributed by atoms with Gasteiger partial charge in [-0.2, -0.15) is 11.8 Å². The van der Waals surface area contributed by atoms with E-state index in [-0.39, 0.29) is 34.9 Å². The topological polar surface area (TPSA) is 93.1 Å². The molecule has 4 atom stereocenters. The lowest BCUT2D eigenvalue weighted by Crippen LogP contribution is -2.44. The smallest absolute Gasteiger partial charge is 0.328 e. The molecule has 2 aliphatic rings. The fourth-order valence-corrected chi connectivity index (χ4v) is 4.94. The molecule has 0 saturated heterocycles. The van der Waals surface area contributed by atoms with Gasteiger partial charge in [0.2, 0.25) is 0 Å². The Morgan fingerprint density at radius 3 is 2.60 bits per heavy atom. The summed E-state index contributed by atoms with van der Waals surface area (Å²) in [6.45, 7) is 2.54. The maximum atomic E-state index is 12.6. The average Bonchev–Trinajstić information content (AvgIpc) is 2.74. The van der Waals surface area contributed by atoms with Gasteiger partial charge in [-0.05, 0) is 32.4 Å². The van der Waals surface area contributed by atoms with Crippen LogP contribution in [-0.2, 0) is 23.9 Å². The first-order valence-corrected chi connectivity index (χ1v) is 11.5. The van der Waals surface area contributed by atoms with Gasteiger partial charge in [0.1, 0.15) is 0 Å². The van der Waals surface area contributed by atoms with Crippen LogP contribution in [0.15, 0.2) is 36.2 Å². The summed E-state index contributed by atoms with van der Waals surface area (Å²) in [6, 6.07) is 0. The van der Waals surface area contributed by atoms with Gasteiger partial charge in [-0.3, -0.25) is 9.59 Å². The number of hydrogen-bond acceptors (Lipinski definition) is 7. The Labute approximate surface area is 182 Å². The van der Waals surface area contributed by atoms with E-state index < -0.39 is 5.97 Å². The Bertz CT molecular complexity index is 716. The molecule has 1 aliphatic carbocycles. The van der Waals surface area contributed by atoms with Gasteiger partial charge in [0, 0.05) is 30.4 Å². The van der Waals surface area contributed by atoms with E-state index in [0.29, 0.717) is 26.0 Å². The van der Waals surface area contributed by atoms with Gasteiger partial charge in [-0.25, -0.2) is 4.79 Å². The summed E-state index contributed by atoms with van der Waals surface area (Å²) in [6.07, 6.45) is 13.6. The Morgan fingerprint density at radius 2 is 2.00 bits per heavy atom. The fraction of sp³-hybridized carbons (Fsp3) is 0.591. The lowest BCUT2D eigenvalue weighted by Gasteiger charge is -2.40. The second kappa shape index (κ2) is 11.8. The fourth-order valence-electron chi connectivity index (χ4n) is 4.23. The van der Waals surface area contributed by atoms with Crippen molar-refractivity contribution in [2.24, 2.45) is 17.8 Å². The number of ether oxygens (including phenoxy) is 2. The van der Waals surface area contributed by atoms with Crippen molar-refractivity contribution in [3.05, 3.63) is 36.2 Å². The molecule has 0 radical (unpaired) electrons. The number of carbonyl (C=O) groups excluding carboxylic acids is 2. The number of thioether (sulfide) groups is 1. The molecule has 0 amide bonds. The summed E-state index contributed by atoms with van der Waals surface area (Å²) in [7, 11) is 1.37. The number of aliphatic carboxylic acids is 1. The highest BCUT2D eigenvalue weighted by Gasteiger charge is 2.43. The minimum absolute atomic E-state index is 0.146. The Balaban J connectivity index is 2.31. The molecule has 0 aromatic rings. The standard InChI is InChI=1S/C22H31NO6S/c1-4-29-22(27)16-9-7-8-15(21(26)28-2)17(16)14-23-13-6-5-10-18(23)19(30-3)11-12-20(24)25/h6,10-13,15-17,19H,4-5,7-9,14H2,1-3H3,(H,24,25). The van der Waals surface area contributed by atoms with Crippen LogP contribution in [0, 0.1) is 17.8 Å². The van der Waals surface area contributed by atoms with E-state index >= 15 is 0 Å². The van der Waals surface area contributed by atoms with Crippen LogP contribution in [0.25, 0.3) is 0 Å². The van der Waals surface area contributed by atoms with E-state index in [4.69, 9.17) is 14.6 Å². The third kappa shape index (κ3) is 6.14. The number of nitrogens with zero attached hydrogens (tertiary/aromatic N) is 1. The van der Waals surface area contributed by atoms with Crippen molar-refractivity contribution >= 4 is 29.7 Å². The van der Waals surface area contributed by atoms with Crippen LogP contribution < -0.4 is 0 Å². The maximum Gasteiger partial charge on any atom is 0.328 e. The molecule has 0 bridgehead atoms. The molecule has 1 aliphatic heterocycles. The molecule has 1 fully saturated rings. The van der Waals surface area contributed by atoms with Gasteiger partial charge in [-0.15, -0.1) is 0 Å². The Kier molecular flexibility index (Phi) is 9.49. The second-order valence-corrected chi connectivity index (χ2v) is 8.32. The molecular weight excluding hydrogens is 406 g/mol. The zero-order valence-electron chi connectivity index (χ0n) is 17.8. The molecule has 1 heterocycles. The van der Waals surface area contributed by atoms with Crippen LogP contribution in [0.1, 0.15) is 32.6 Å². The molecule has 166 valence electrons. The summed E-state index contributed by atoms with van der Waals surface area (Å²) in [5.74, 6) is -2.56. The number of allylic oxidation sites excluding steroid dienone is 2. The van der Waals surface area contributed by atoms with Crippen molar-refractivity contribution in [3.63, 3.8) is 0 Å². The van der Waals surface area contributed by atoms with Crippen LogP contribution in [0.4, 0.5) is 0 Å². The van der Waals surface area contributed by atoms with E-state index in [1.807, 2.05) is 23.4 Å². The molecule has 1 saturated carbocycles. The molecule has 8 heteroatoms. The highest BCUT2D eigenvalue weighted by Crippen LogP contribution is 2.39. The first-order chi connectivity index (χ1) is 14.4. The number of esters is 2. The molecular formula is C22H31NO6S. The van der Waals surface area contributed by atoms with Crippen molar-refractivity contribution in [2.75, 3.05) is 26.5 Å². The first kappa shape index (κ1) is 24.1. The van der Waals surface area contributed by atoms with Crippen molar-refractivity contribution in [1.29, 1.82) is 0 Å². The minimum Gasteiger partial charge on any atom is -0.478 e. The molecule has 30 heavy (non-hydrogen) atoms. The zero-order valence-corrected chi connectivity index (χ0v) is 18.6. The van der Waals surface area contributed by atoms with Gasteiger partial charge in [-0.1, -0.05) is 24.6 Å². The summed E-state index contributed by atoms with van der Waals surface area (Å²) >= 11 is 1.53. The quantitative estimate of drug-likeness (QED) is 0.434. The maximum absolute atomic E-state index is 12.6. The monoisotopic (exact) mass is 437 g/mol. The molecule has 4 unspecified atom stereocenters. The third-order valence-electron chi connectivity index (χ3n) is 5.60. The lowest BCUT2D eigenvalue weighted by atomic mass is 9.71. The minimum atomic E-state index is -0.993. The zero-order chi connectivity index (χ0) is 22.1. The summed E-state index contributed by atoms with van der Waals surface area (Å²) in [5.41, 5.74) is 0.958. The van der Waals surface area contributed by atoms with Gasteiger partial charge in [0.25, 0.3) is 0 Å². The van der Waals surface area contributed by atoms with E-state index in [1.165, 1.54) is 18.9 Å². The summed E-state index contributed by atoms with van der Waals surface area (Å²) < 4.78 is 10.3. The van der Waals surface area contributed by atoms with Crippen LogP contribution in [0.2, 0.25) is 0 Å². The number of carboxylic acids is 1. The molecule has 0 spiro atoms. The number of rotatable bonds is 9. The van der Waals surface area contributed by atoms with Crippen molar-refractivity contribution in [2.45, 2.75) is 37.9 Å². The predicted molar refractivity (Wildman–Crippen MR) is 116 cm³/mol. The van der Waals surface area contributed by atoms with Gasteiger partial charge in [0.05, 0.1) is 30.8 Å². The highest BCUT2D eigenvalue weighted by atomic mass is 32.2.